The summed E-state index contributed by atoms with van der Waals surface area (Å²) >= 11 is 0. The highest BCUT2D eigenvalue weighted by Crippen LogP contribution is 2.78. The number of aliphatic hydroxyl groups excluding tert-OH is 1. The van der Waals surface area contributed by atoms with E-state index in [9.17, 15) is 29.1 Å². The molecule has 1 spiro atoms. The van der Waals surface area contributed by atoms with E-state index in [0.29, 0.717) is 6.42 Å². The Hall–Kier alpha value is -3.45. The highest BCUT2D eigenvalue weighted by molar-refractivity contribution is 5.71. The second-order valence-electron chi connectivity index (χ2n) is 14.5. The molecule has 14 atom stereocenters. The molecule has 258 valence electrons. The van der Waals surface area contributed by atoms with Crippen molar-refractivity contribution < 1.29 is 61.9 Å². The van der Waals surface area contributed by atoms with Gasteiger partial charge in [0.2, 0.25) is 0 Å². The van der Waals surface area contributed by atoms with Crippen LogP contribution < -0.4 is 0 Å². The van der Waals surface area contributed by atoms with Crippen LogP contribution in [0, 0.1) is 34.5 Å². The van der Waals surface area contributed by atoms with Crippen LogP contribution in [0.2, 0.25) is 0 Å². The Morgan fingerprint density at radius 2 is 1.55 bits per heavy atom. The van der Waals surface area contributed by atoms with Crippen LogP contribution in [0.5, 0.6) is 0 Å². The molecule has 1 aromatic heterocycles. The van der Waals surface area contributed by atoms with E-state index < -0.39 is 100 Å². The minimum absolute atomic E-state index is 0.00703. The van der Waals surface area contributed by atoms with E-state index in [2.05, 4.69) is 0 Å². The molecule has 1 saturated heterocycles. The summed E-state index contributed by atoms with van der Waals surface area (Å²) in [6, 6.07) is 1.85. The lowest BCUT2D eigenvalue weighted by Gasteiger charge is -2.65. The lowest BCUT2D eigenvalue weighted by Crippen LogP contribution is -2.73. The fourth-order valence-electron chi connectivity index (χ4n) is 10.7. The normalized spacial score (nSPS) is 44.4. The van der Waals surface area contributed by atoms with E-state index in [4.69, 9.17) is 32.8 Å². The van der Waals surface area contributed by atoms with E-state index in [-0.39, 0.29) is 31.3 Å². The smallest absolute Gasteiger partial charge is 0.306 e. The van der Waals surface area contributed by atoms with Gasteiger partial charge in [-0.25, -0.2) is 0 Å². The molecule has 1 aliphatic heterocycles. The van der Waals surface area contributed by atoms with Crippen LogP contribution in [-0.2, 0) is 52.4 Å². The lowest BCUT2D eigenvalue weighted by atomic mass is 9.42. The summed E-state index contributed by atoms with van der Waals surface area (Å²) < 4.78 is 41.4. The predicted molar refractivity (Wildman–Crippen MR) is 158 cm³/mol. The third-order valence-corrected chi connectivity index (χ3v) is 12.1. The van der Waals surface area contributed by atoms with Crippen molar-refractivity contribution in [2.75, 3.05) is 7.11 Å². The fraction of sp³-hybridized carbons (Fsp3) is 0.735. The summed E-state index contributed by atoms with van der Waals surface area (Å²) in [4.78, 5) is 63.8. The van der Waals surface area contributed by atoms with E-state index in [1.807, 2.05) is 19.9 Å². The number of ether oxygens (including phenoxy) is 6. The first kappa shape index (κ1) is 33.5. The molecule has 4 aliphatic carbocycles. The van der Waals surface area contributed by atoms with Gasteiger partial charge in [0.05, 0.1) is 38.3 Å². The first-order valence-corrected chi connectivity index (χ1v) is 16.2. The monoisotopic (exact) mass is 660 g/mol. The van der Waals surface area contributed by atoms with Crippen LogP contribution in [-0.4, -0.2) is 84.3 Å². The molecule has 0 bridgehead atoms. The van der Waals surface area contributed by atoms with Crippen LogP contribution in [0.4, 0.5) is 0 Å². The van der Waals surface area contributed by atoms with Crippen molar-refractivity contribution in [3.8, 4) is 0 Å². The number of rotatable bonds is 7. The van der Waals surface area contributed by atoms with E-state index in [1.165, 1.54) is 34.8 Å². The van der Waals surface area contributed by atoms with Gasteiger partial charge in [-0.2, -0.15) is 0 Å². The maximum Gasteiger partial charge on any atom is 0.306 e. The van der Waals surface area contributed by atoms with Crippen LogP contribution in [0.25, 0.3) is 0 Å². The van der Waals surface area contributed by atoms with E-state index >= 15 is 0 Å². The summed E-state index contributed by atoms with van der Waals surface area (Å²) in [5.41, 5.74) is -2.19. The number of hydrogen-bond donors (Lipinski definition) is 1. The number of aliphatic hydroxyl groups is 1. The number of furan rings is 1. The molecule has 1 N–H and O–H groups in total. The average molecular weight is 661 g/mol. The number of esters is 5. The third kappa shape index (κ3) is 4.98. The zero-order chi connectivity index (χ0) is 34.2. The number of fused-ring (bicyclic) bond motifs is 3. The summed E-state index contributed by atoms with van der Waals surface area (Å²) in [7, 11) is 1.27. The summed E-state index contributed by atoms with van der Waals surface area (Å²) in [5, 5.41) is 12.0. The highest BCUT2D eigenvalue weighted by atomic mass is 16.6. The molecule has 2 heterocycles. The topological polar surface area (TPSA) is 177 Å². The van der Waals surface area contributed by atoms with E-state index in [0.717, 1.165) is 5.56 Å². The number of carbonyl (C=O) groups excluding carboxylic acids is 5. The second kappa shape index (κ2) is 11.6. The summed E-state index contributed by atoms with van der Waals surface area (Å²) in [5.74, 6) is -5.73. The van der Waals surface area contributed by atoms with Gasteiger partial charge in [-0.3, -0.25) is 24.0 Å². The number of hydrogen-bond acceptors (Lipinski definition) is 13. The molecule has 0 amide bonds. The molecule has 47 heavy (non-hydrogen) atoms. The number of methoxy groups -OCH3 is 1. The molecule has 5 aliphatic rings. The Labute approximate surface area is 272 Å². The van der Waals surface area contributed by atoms with Gasteiger partial charge in [0.25, 0.3) is 0 Å². The Bertz CT molecular complexity index is 1440. The first-order chi connectivity index (χ1) is 22.1. The summed E-state index contributed by atoms with van der Waals surface area (Å²) in [6.45, 7) is 8.90. The molecule has 6 rings (SSSR count). The molecule has 1 aromatic rings. The van der Waals surface area contributed by atoms with Gasteiger partial charge in [0, 0.05) is 62.7 Å². The molecule has 0 radical (unpaired) electrons. The third-order valence-electron chi connectivity index (χ3n) is 12.1. The van der Waals surface area contributed by atoms with E-state index in [1.54, 1.807) is 12.5 Å². The molecular formula is C34H44O13. The van der Waals surface area contributed by atoms with Crippen molar-refractivity contribution in [1.29, 1.82) is 0 Å². The van der Waals surface area contributed by atoms with Gasteiger partial charge in [0.15, 0.2) is 0 Å². The molecular weight excluding hydrogens is 616 g/mol. The van der Waals surface area contributed by atoms with Gasteiger partial charge >= 0.3 is 29.8 Å². The van der Waals surface area contributed by atoms with Crippen molar-refractivity contribution >= 4 is 29.8 Å². The van der Waals surface area contributed by atoms with Gasteiger partial charge in [-0.1, -0.05) is 13.8 Å². The zero-order valence-corrected chi connectivity index (χ0v) is 27.8. The molecule has 14 unspecified atom stereocenters. The second-order valence-corrected chi connectivity index (χ2v) is 14.5. The Morgan fingerprint density at radius 3 is 2.13 bits per heavy atom. The molecule has 0 aromatic carbocycles. The molecule has 5 fully saturated rings. The maximum atomic E-state index is 12.9. The Kier molecular flexibility index (Phi) is 8.26. The minimum Gasteiger partial charge on any atom is -0.472 e. The molecule has 13 nitrogen and oxygen atoms in total. The van der Waals surface area contributed by atoms with Crippen molar-refractivity contribution in [3.05, 3.63) is 24.2 Å². The Morgan fingerprint density at radius 1 is 0.894 bits per heavy atom. The maximum absolute atomic E-state index is 12.9. The first-order valence-electron chi connectivity index (χ1n) is 16.2. The molecule has 13 heteroatoms. The van der Waals surface area contributed by atoms with Crippen LogP contribution in [0.3, 0.4) is 0 Å². The quantitative estimate of drug-likeness (QED) is 0.257. The lowest BCUT2D eigenvalue weighted by molar-refractivity contribution is -0.277. The van der Waals surface area contributed by atoms with Crippen LogP contribution >= 0.6 is 0 Å². The average Bonchev–Trinajstić information content (AvgIpc) is 3.30. The SMILES string of the molecule is COC(=O)CC1(C)C(OC(C)=O)CC(O)C2C3C(OC(C)=O)C(OC(C)=O)C4(C)C(c5ccoc5)CC5OC54C3C(OC(C)=O)CC21. The fourth-order valence-corrected chi connectivity index (χ4v) is 10.7. The predicted octanol–water partition coefficient (Wildman–Crippen LogP) is 2.85. The standard InChI is InChI=1S/C34H44O13/c1-15(35)43-23-10-21-27(22(39)12-24(44-16(2)36)32(21,5)13-26(40)41-7)28-29(23)34-25(47-34)11-20(19-8-9-42-14-19)33(34,6)31(46-18(4)38)30(28)45-17(3)37/h8-9,14,20-25,27-31,39H,10-13H2,1-7H3. The van der Waals surface area contributed by atoms with Crippen molar-refractivity contribution in [3.63, 3.8) is 0 Å². The summed E-state index contributed by atoms with van der Waals surface area (Å²) in [6.07, 6.45) is -1.44. The van der Waals surface area contributed by atoms with Crippen LogP contribution in [0.15, 0.2) is 23.0 Å². The van der Waals surface area contributed by atoms with Crippen LogP contribution in [0.1, 0.15) is 78.7 Å². The zero-order valence-electron chi connectivity index (χ0n) is 27.8. The van der Waals surface area contributed by atoms with Crippen molar-refractivity contribution in [2.24, 2.45) is 34.5 Å². The minimum atomic E-state index is -1.10. The molecule has 4 saturated carbocycles. The van der Waals surface area contributed by atoms with Crippen molar-refractivity contribution in [1.82, 2.24) is 0 Å². The van der Waals surface area contributed by atoms with Crippen molar-refractivity contribution in [2.45, 2.75) is 115 Å². The van der Waals surface area contributed by atoms with Gasteiger partial charge in [-0.05, 0) is 36.3 Å². The largest absolute Gasteiger partial charge is 0.472 e. The number of carbonyl (C=O) groups is 5. The Balaban J connectivity index is 1.57. The van der Waals surface area contributed by atoms with Gasteiger partial charge < -0.3 is 37.9 Å². The van der Waals surface area contributed by atoms with Gasteiger partial charge in [-0.15, -0.1) is 0 Å². The number of epoxide rings is 1. The van der Waals surface area contributed by atoms with Gasteiger partial charge in [0.1, 0.15) is 30.0 Å². The highest BCUT2D eigenvalue weighted by Gasteiger charge is 2.87.